The van der Waals surface area contributed by atoms with E-state index in [0.717, 1.165) is 16.8 Å². The largest absolute Gasteiger partial charge is 0.452 e. The van der Waals surface area contributed by atoms with E-state index in [2.05, 4.69) is 4.98 Å². The van der Waals surface area contributed by atoms with Crippen molar-refractivity contribution in [2.24, 2.45) is 0 Å². The number of nitrogens with zero attached hydrogens (tertiary/aromatic N) is 3. The fraction of sp³-hybridized carbons (Fsp3) is 0.227. The standard InChI is InChI=1S/C22H23N3O4/c1-24(2)19-10-4-16(5-11-19)13-25(3)21(26)14-28-22(27)18-8-6-17(7-9-18)20-12-23-15-29-20/h4-12,15H,13-14H2,1-3H3. The van der Waals surface area contributed by atoms with Crippen LogP contribution in [-0.2, 0) is 16.1 Å². The van der Waals surface area contributed by atoms with Crippen LogP contribution < -0.4 is 4.90 Å². The fourth-order valence-electron chi connectivity index (χ4n) is 2.71. The van der Waals surface area contributed by atoms with Crippen LogP contribution in [0.2, 0.25) is 0 Å². The molecule has 29 heavy (non-hydrogen) atoms. The Morgan fingerprint density at radius 2 is 1.69 bits per heavy atom. The first-order valence-electron chi connectivity index (χ1n) is 9.10. The first-order valence-corrected chi connectivity index (χ1v) is 9.10. The summed E-state index contributed by atoms with van der Waals surface area (Å²) in [6.07, 6.45) is 2.94. The van der Waals surface area contributed by atoms with Gasteiger partial charge in [-0.15, -0.1) is 0 Å². The fourth-order valence-corrected chi connectivity index (χ4v) is 2.71. The highest BCUT2D eigenvalue weighted by Crippen LogP contribution is 2.19. The zero-order valence-electron chi connectivity index (χ0n) is 16.7. The summed E-state index contributed by atoms with van der Waals surface area (Å²) in [4.78, 5) is 31.9. The van der Waals surface area contributed by atoms with Gasteiger partial charge in [0.25, 0.3) is 5.91 Å². The lowest BCUT2D eigenvalue weighted by Gasteiger charge is -2.18. The van der Waals surface area contributed by atoms with E-state index in [1.165, 1.54) is 11.3 Å². The molecule has 0 aliphatic carbocycles. The Balaban J connectivity index is 1.50. The van der Waals surface area contributed by atoms with Crippen LogP contribution in [0, 0.1) is 0 Å². The summed E-state index contributed by atoms with van der Waals surface area (Å²) in [5.41, 5.74) is 3.25. The van der Waals surface area contributed by atoms with Gasteiger partial charge in [0.1, 0.15) is 0 Å². The van der Waals surface area contributed by atoms with Crippen LogP contribution in [0.25, 0.3) is 11.3 Å². The van der Waals surface area contributed by atoms with Gasteiger partial charge in [0.15, 0.2) is 18.8 Å². The highest BCUT2D eigenvalue weighted by atomic mass is 16.5. The molecule has 7 heteroatoms. The van der Waals surface area contributed by atoms with Crippen molar-refractivity contribution in [2.45, 2.75) is 6.54 Å². The summed E-state index contributed by atoms with van der Waals surface area (Å²) >= 11 is 0. The molecule has 3 aromatic rings. The molecule has 0 spiro atoms. The molecule has 2 aromatic carbocycles. The van der Waals surface area contributed by atoms with Gasteiger partial charge >= 0.3 is 5.97 Å². The highest BCUT2D eigenvalue weighted by molar-refractivity contribution is 5.91. The van der Waals surface area contributed by atoms with Crippen LogP contribution in [0.4, 0.5) is 5.69 Å². The number of hydrogen-bond acceptors (Lipinski definition) is 6. The van der Waals surface area contributed by atoms with E-state index in [1.54, 1.807) is 37.5 Å². The van der Waals surface area contributed by atoms with Crippen LogP contribution in [0.1, 0.15) is 15.9 Å². The van der Waals surface area contributed by atoms with Crippen molar-refractivity contribution < 1.29 is 18.7 Å². The van der Waals surface area contributed by atoms with Crippen LogP contribution in [0.5, 0.6) is 0 Å². The number of hydrogen-bond donors (Lipinski definition) is 0. The summed E-state index contributed by atoms with van der Waals surface area (Å²) in [7, 11) is 5.63. The molecule has 0 saturated heterocycles. The Hall–Kier alpha value is -3.61. The summed E-state index contributed by atoms with van der Waals surface area (Å²) < 4.78 is 10.4. The molecule has 1 aromatic heterocycles. The predicted octanol–water partition coefficient (Wildman–Crippen LogP) is 3.22. The molecule has 150 valence electrons. The Kier molecular flexibility index (Phi) is 6.29. The van der Waals surface area contributed by atoms with Gasteiger partial charge < -0.3 is 19.0 Å². The second kappa shape index (κ2) is 9.05. The van der Waals surface area contributed by atoms with E-state index in [0.29, 0.717) is 17.9 Å². The third-order valence-electron chi connectivity index (χ3n) is 4.46. The lowest BCUT2D eigenvalue weighted by Crippen LogP contribution is -2.30. The third kappa shape index (κ3) is 5.22. The smallest absolute Gasteiger partial charge is 0.338 e. The second-order valence-electron chi connectivity index (χ2n) is 6.83. The molecule has 0 fully saturated rings. The number of oxazole rings is 1. The molecular weight excluding hydrogens is 370 g/mol. The quantitative estimate of drug-likeness (QED) is 0.574. The first-order chi connectivity index (χ1) is 13.9. The molecular formula is C22H23N3O4. The number of ether oxygens (including phenoxy) is 1. The Morgan fingerprint density at radius 1 is 1.00 bits per heavy atom. The Labute approximate surface area is 169 Å². The van der Waals surface area contributed by atoms with E-state index in [-0.39, 0.29) is 12.5 Å². The number of carbonyl (C=O) groups excluding carboxylic acids is 2. The van der Waals surface area contributed by atoms with Crippen molar-refractivity contribution in [3.05, 3.63) is 72.2 Å². The average molecular weight is 393 g/mol. The molecule has 0 saturated carbocycles. The Bertz CT molecular complexity index is 949. The van der Waals surface area contributed by atoms with Gasteiger partial charge in [0.2, 0.25) is 0 Å². The van der Waals surface area contributed by atoms with Crippen LogP contribution in [0.3, 0.4) is 0 Å². The lowest BCUT2D eigenvalue weighted by molar-refractivity contribution is -0.133. The SMILES string of the molecule is CN(Cc1ccc(N(C)C)cc1)C(=O)COC(=O)c1ccc(-c2cnco2)cc1. The van der Waals surface area contributed by atoms with Gasteiger partial charge in [-0.25, -0.2) is 9.78 Å². The summed E-state index contributed by atoms with van der Waals surface area (Å²) in [5, 5.41) is 0. The predicted molar refractivity (Wildman–Crippen MR) is 109 cm³/mol. The van der Waals surface area contributed by atoms with Crippen molar-refractivity contribution in [1.29, 1.82) is 0 Å². The molecule has 1 heterocycles. The van der Waals surface area contributed by atoms with E-state index in [4.69, 9.17) is 9.15 Å². The topological polar surface area (TPSA) is 75.9 Å². The zero-order chi connectivity index (χ0) is 20.8. The van der Waals surface area contributed by atoms with E-state index < -0.39 is 5.97 Å². The second-order valence-corrected chi connectivity index (χ2v) is 6.83. The molecule has 0 aliphatic rings. The van der Waals surface area contributed by atoms with Crippen LogP contribution >= 0.6 is 0 Å². The van der Waals surface area contributed by atoms with Gasteiger partial charge in [-0.2, -0.15) is 0 Å². The minimum atomic E-state index is -0.550. The van der Waals surface area contributed by atoms with Crippen molar-refractivity contribution in [3.63, 3.8) is 0 Å². The molecule has 0 radical (unpaired) electrons. The summed E-state index contributed by atoms with van der Waals surface area (Å²) in [5.74, 6) is -0.208. The molecule has 3 rings (SSSR count). The number of rotatable bonds is 7. The molecule has 0 N–H and O–H groups in total. The number of likely N-dealkylation sites (N-methyl/N-ethyl adjacent to an activating group) is 1. The lowest BCUT2D eigenvalue weighted by atomic mass is 10.1. The normalized spacial score (nSPS) is 10.4. The highest BCUT2D eigenvalue weighted by Gasteiger charge is 2.14. The number of anilines is 1. The zero-order valence-corrected chi connectivity index (χ0v) is 16.7. The van der Waals surface area contributed by atoms with Crippen molar-refractivity contribution >= 4 is 17.6 Å². The number of amides is 1. The van der Waals surface area contributed by atoms with Gasteiger partial charge in [0, 0.05) is 38.9 Å². The van der Waals surface area contributed by atoms with Crippen molar-refractivity contribution in [2.75, 3.05) is 32.6 Å². The van der Waals surface area contributed by atoms with E-state index >= 15 is 0 Å². The molecule has 0 atom stereocenters. The molecule has 0 bridgehead atoms. The van der Waals surface area contributed by atoms with Gasteiger partial charge in [0.05, 0.1) is 11.8 Å². The van der Waals surface area contributed by atoms with E-state index in [9.17, 15) is 9.59 Å². The molecule has 0 aliphatic heterocycles. The minimum Gasteiger partial charge on any atom is -0.452 e. The van der Waals surface area contributed by atoms with Crippen LogP contribution in [0.15, 0.2) is 65.5 Å². The average Bonchev–Trinajstić information content (AvgIpc) is 3.27. The maximum absolute atomic E-state index is 12.3. The number of benzene rings is 2. The summed E-state index contributed by atoms with van der Waals surface area (Å²) in [6.45, 7) is 0.130. The Morgan fingerprint density at radius 3 is 2.28 bits per heavy atom. The number of carbonyl (C=O) groups is 2. The first kappa shape index (κ1) is 20.1. The van der Waals surface area contributed by atoms with Crippen LogP contribution in [-0.4, -0.2) is 49.5 Å². The maximum atomic E-state index is 12.3. The molecule has 7 nitrogen and oxygen atoms in total. The van der Waals surface area contributed by atoms with E-state index in [1.807, 2.05) is 43.3 Å². The molecule has 0 unspecified atom stereocenters. The van der Waals surface area contributed by atoms with Crippen molar-refractivity contribution in [3.8, 4) is 11.3 Å². The van der Waals surface area contributed by atoms with Crippen molar-refractivity contribution in [1.82, 2.24) is 9.88 Å². The number of aromatic nitrogens is 1. The maximum Gasteiger partial charge on any atom is 0.338 e. The van der Waals surface area contributed by atoms with Gasteiger partial charge in [-0.3, -0.25) is 4.79 Å². The molecule has 1 amide bonds. The summed E-state index contributed by atoms with van der Waals surface area (Å²) in [6, 6.07) is 14.7. The minimum absolute atomic E-state index is 0.270. The third-order valence-corrected chi connectivity index (χ3v) is 4.46. The monoisotopic (exact) mass is 393 g/mol. The van der Waals surface area contributed by atoms with Gasteiger partial charge in [-0.05, 0) is 29.8 Å². The van der Waals surface area contributed by atoms with Gasteiger partial charge in [-0.1, -0.05) is 24.3 Å². The number of esters is 1.